The molecule has 0 aromatic heterocycles. The van der Waals surface area contributed by atoms with Gasteiger partial charge in [0.2, 0.25) is 0 Å². The average molecular weight is 358 g/mol. The van der Waals surface area contributed by atoms with Crippen LogP contribution in [-0.2, 0) is 12.8 Å². The second kappa shape index (κ2) is 9.23. The van der Waals surface area contributed by atoms with Crippen LogP contribution in [0.1, 0.15) is 48.1 Å². The summed E-state index contributed by atoms with van der Waals surface area (Å²) in [5, 5.41) is 3.23. The molecular formula is C26H31N. The molecule has 2 rings (SSSR count). The zero-order valence-electron chi connectivity index (χ0n) is 17.0. The van der Waals surface area contributed by atoms with Gasteiger partial charge in [-0.25, -0.2) is 0 Å². The van der Waals surface area contributed by atoms with Crippen molar-refractivity contribution in [3.63, 3.8) is 0 Å². The molecule has 27 heavy (non-hydrogen) atoms. The Balaban J connectivity index is 2.26. The first-order valence-electron chi connectivity index (χ1n) is 9.50. The topological polar surface area (TPSA) is 12.0 Å². The van der Waals surface area contributed by atoms with Crippen molar-refractivity contribution in [3.05, 3.63) is 102 Å². The lowest BCUT2D eigenvalue weighted by atomic mass is 9.89. The fourth-order valence-corrected chi connectivity index (χ4v) is 3.36. The lowest BCUT2D eigenvalue weighted by molar-refractivity contribution is 0.907. The van der Waals surface area contributed by atoms with Gasteiger partial charge in [0, 0.05) is 11.4 Å². The van der Waals surface area contributed by atoms with Crippen LogP contribution in [-0.4, -0.2) is 0 Å². The Labute approximate surface area is 164 Å². The summed E-state index contributed by atoms with van der Waals surface area (Å²) in [4.78, 5) is 0. The summed E-state index contributed by atoms with van der Waals surface area (Å²) in [6, 6.07) is 12.9. The largest absolute Gasteiger partial charge is 0.360 e. The molecule has 0 aliphatic heterocycles. The van der Waals surface area contributed by atoms with Gasteiger partial charge in [-0.2, -0.15) is 0 Å². The maximum absolute atomic E-state index is 4.31. The quantitative estimate of drug-likeness (QED) is 0.463. The van der Waals surface area contributed by atoms with Gasteiger partial charge in [0.25, 0.3) is 0 Å². The molecule has 0 amide bonds. The molecular weight excluding hydrogens is 326 g/mol. The highest BCUT2D eigenvalue weighted by atomic mass is 14.9. The molecule has 2 aromatic rings. The van der Waals surface area contributed by atoms with E-state index < -0.39 is 0 Å². The van der Waals surface area contributed by atoms with Crippen LogP contribution < -0.4 is 5.32 Å². The summed E-state index contributed by atoms with van der Waals surface area (Å²) in [6.07, 6.45) is 4.85. The summed E-state index contributed by atoms with van der Waals surface area (Å²) in [6.45, 7) is 22.6. The van der Waals surface area contributed by atoms with Crippen LogP contribution in [0.15, 0.2) is 74.5 Å². The second-order valence-corrected chi connectivity index (χ2v) is 7.18. The van der Waals surface area contributed by atoms with Gasteiger partial charge in [0.05, 0.1) is 0 Å². The van der Waals surface area contributed by atoms with E-state index in [2.05, 4.69) is 81.9 Å². The summed E-state index contributed by atoms with van der Waals surface area (Å²) in [5.41, 5.74) is 10.4. The van der Waals surface area contributed by atoms with Crippen LogP contribution in [0.5, 0.6) is 0 Å². The minimum absolute atomic E-state index is 0.817. The molecule has 0 aliphatic rings. The number of rotatable bonds is 9. The highest BCUT2D eigenvalue weighted by Crippen LogP contribution is 2.28. The molecule has 0 aliphatic carbocycles. The Morgan fingerprint density at radius 2 is 1.74 bits per heavy atom. The summed E-state index contributed by atoms with van der Waals surface area (Å²) in [5.74, 6) is 0. The minimum atomic E-state index is 0.817. The monoisotopic (exact) mass is 357 g/mol. The van der Waals surface area contributed by atoms with E-state index >= 15 is 0 Å². The third kappa shape index (κ3) is 5.34. The Kier molecular flexibility index (Phi) is 7.01. The van der Waals surface area contributed by atoms with Crippen molar-refractivity contribution >= 4 is 16.8 Å². The number of anilines is 1. The first kappa shape index (κ1) is 20.5. The van der Waals surface area contributed by atoms with E-state index in [1.165, 1.54) is 22.3 Å². The molecule has 1 heteroatoms. The third-order valence-electron chi connectivity index (χ3n) is 4.69. The number of hydrogen-bond donors (Lipinski definition) is 1. The zero-order valence-corrected chi connectivity index (χ0v) is 17.0. The molecule has 0 atom stereocenters. The summed E-state index contributed by atoms with van der Waals surface area (Å²) >= 11 is 0. The lowest BCUT2D eigenvalue weighted by Gasteiger charge is -2.16. The fourth-order valence-electron chi connectivity index (χ4n) is 3.36. The van der Waals surface area contributed by atoms with E-state index in [-0.39, 0.29) is 0 Å². The van der Waals surface area contributed by atoms with Crippen LogP contribution in [0.25, 0.3) is 11.1 Å². The van der Waals surface area contributed by atoms with Crippen LogP contribution in [0, 0.1) is 6.92 Å². The number of nitrogens with one attached hydrogen (secondary N) is 1. The maximum Gasteiger partial charge on any atom is 0.0381 e. The van der Waals surface area contributed by atoms with E-state index in [0.717, 1.165) is 47.4 Å². The van der Waals surface area contributed by atoms with Crippen molar-refractivity contribution in [1.29, 1.82) is 0 Å². The first-order valence-corrected chi connectivity index (χ1v) is 9.50. The molecule has 0 unspecified atom stereocenters. The van der Waals surface area contributed by atoms with E-state index in [0.29, 0.717) is 0 Å². The van der Waals surface area contributed by atoms with Gasteiger partial charge >= 0.3 is 0 Å². The SMILES string of the molecule is C=CC(=C)c1cc(CC(=C)c2ccc(NC(=C)C)cc2)cc(C)c1CCC. The van der Waals surface area contributed by atoms with Gasteiger partial charge in [-0.3, -0.25) is 0 Å². The van der Waals surface area contributed by atoms with E-state index in [9.17, 15) is 0 Å². The molecule has 0 radical (unpaired) electrons. The smallest absolute Gasteiger partial charge is 0.0381 e. The predicted octanol–water partition coefficient (Wildman–Crippen LogP) is 7.35. The Bertz CT molecular complexity index is 866. The molecule has 0 spiro atoms. The Morgan fingerprint density at radius 1 is 1.07 bits per heavy atom. The molecule has 0 fully saturated rings. The van der Waals surface area contributed by atoms with E-state index in [4.69, 9.17) is 0 Å². The molecule has 1 nitrogen and oxygen atoms in total. The van der Waals surface area contributed by atoms with Crippen molar-refractivity contribution in [1.82, 2.24) is 0 Å². The van der Waals surface area contributed by atoms with Gasteiger partial charge in [-0.15, -0.1) is 0 Å². The van der Waals surface area contributed by atoms with Gasteiger partial charge in [-0.05, 0) is 77.8 Å². The van der Waals surface area contributed by atoms with Crippen molar-refractivity contribution in [2.45, 2.75) is 40.0 Å². The van der Waals surface area contributed by atoms with Crippen LogP contribution in [0.3, 0.4) is 0 Å². The first-order chi connectivity index (χ1) is 12.8. The Hall–Kier alpha value is -2.80. The van der Waals surface area contributed by atoms with Crippen molar-refractivity contribution in [2.24, 2.45) is 0 Å². The van der Waals surface area contributed by atoms with Crippen LogP contribution in [0.2, 0.25) is 0 Å². The normalized spacial score (nSPS) is 10.3. The summed E-state index contributed by atoms with van der Waals surface area (Å²) < 4.78 is 0. The van der Waals surface area contributed by atoms with Crippen LogP contribution >= 0.6 is 0 Å². The van der Waals surface area contributed by atoms with Crippen LogP contribution in [0.4, 0.5) is 5.69 Å². The molecule has 1 N–H and O–H groups in total. The molecule has 0 saturated heterocycles. The third-order valence-corrected chi connectivity index (χ3v) is 4.69. The van der Waals surface area contributed by atoms with Gasteiger partial charge in [0.1, 0.15) is 0 Å². The summed E-state index contributed by atoms with van der Waals surface area (Å²) in [7, 11) is 0. The van der Waals surface area contributed by atoms with Crippen molar-refractivity contribution < 1.29 is 0 Å². The fraction of sp³-hybridized carbons (Fsp3) is 0.231. The molecule has 0 heterocycles. The average Bonchev–Trinajstić information content (AvgIpc) is 2.63. The zero-order chi connectivity index (χ0) is 20.0. The van der Waals surface area contributed by atoms with E-state index in [1.807, 2.05) is 13.0 Å². The molecule has 140 valence electrons. The number of benzene rings is 2. The second-order valence-electron chi connectivity index (χ2n) is 7.18. The molecule has 0 bridgehead atoms. The van der Waals surface area contributed by atoms with Gasteiger partial charge in [-0.1, -0.05) is 70.0 Å². The standard InChI is InChI=1S/C26H31N/c1-8-10-25-21(7)16-22(17-26(25)19(5)9-2)15-20(6)23-11-13-24(14-12-23)27-18(3)4/h9,11-14,16-17,27H,2-3,5-6,8,10,15H2,1,4,7H3. The predicted molar refractivity (Wildman–Crippen MR) is 122 cm³/mol. The Morgan fingerprint density at radius 3 is 2.30 bits per heavy atom. The molecule has 2 aromatic carbocycles. The maximum atomic E-state index is 4.31. The number of aryl methyl sites for hydroxylation is 1. The van der Waals surface area contributed by atoms with Crippen molar-refractivity contribution in [2.75, 3.05) is 5.32 Å². The number of allylic oxidation sites excluding steroid dienone is 4. The molecule has 0 saturated carbocycles. The van der Waals surface area contributed by atoms with Gasteiger partial charge < -0.3 is 5.32 Å². The van der Waals surface area contributed by atoms with Crippen molar-refractivity contribution in [3.8, 4) is 0 Å². The van der Waals surface area contributed by atoms with Gasteiger partial charge in [0.15, 0.2) is 0 Å². The van der Waals surface area contributed by atoms with E-state index in [1.54, 1.807) is 0 Å². The lowest BCUT2D eigenvalue weighted by Crippen LogP contribution is -2.00. The minimum Gasteiger partial charge on any atom is -0.360 e. The number of hydrogen-bond acceptors (Lipinski definition) is 1. The highest BCUT2D eigenvalue weighted by Gasteiger charge is 2.11. The highest BCUT2D eigenvalue weighted by molar-refractivity contribution is 5.76.